The maximum atomic E-state index is 11.0. The van der Waals surface area contributed by atoms with Gasteiger partial charge in [-0.1, -0.05) is 45.4 Å². The van der Waals surface area contributed by atoms with Gasteiger partial charge in [0.15, 0.2) is 0 Å². The van der Waals surface area contributed by atoms with Crippen LogP contribution in [0.2, 0.25) is 5.02 Å². The number of phenolic OH excluding ortho intramolecular Hbond substituents is 1. The Morgan fingerprint density at radius 1 is 1.21 bits per heavy atom. The van der Waals surface area contributed by atoms with E-state index in [2.05, 4.69) is 44.5 Å². The number of phenols is 1. The summed E-state index contributed by atoms with van der Waals surface area (Å²) in [7, 11) is 0. The van der Waals surface area contributed by atoms with Crippen LogP contribution in [0.25, 0.3) is 16.7 Å². The van der Waals surface area contributed by atoms with E-state index in [0.717, 1.165) is 17.5 Å². The lowest BCUT2D eigenvalue weighted by Crippen LogP contribution is -2.15. The smallest absolute Gasteiger partial charge is 0.146 e. The lowest BCUT2D eigenvalue weighted by atomic mass is 9.84. The summed E-state index contributed by atoms with van der Waals surface area (Å²) in [4.78, 5) is 1.47. The van der Waals surface area contributed by atoms with Gasteiger partial charge >= 0.3 is 0 Å². The Morgan fingerprint density at radius 2 is 1.93 bits per heavy atom. The molecule has 1 N–H and O–H groups in total. The molecule has 0 saturated heterocycles. The average molecular weight is 400 g/mol. The Kier molecular flexibility index (Phi) is 5.77. The minimum Gasteiger partial charge on any atom is -0.505 e. The van der Waals surface area contributed by atoms with Crippen molar-refractivity contribution in [2.75, 3.05) is 6.61 Å². The molecule has 0 spiro atoms. The highest BCUT2D eigenvalue weighted by Crippen LogP contribution is 2.38. The molecule has 0 amide bonds. The zero-order chi connectivity index (χ0) is 20.5. The Balaban J connectivity index is 2.20. The van der Waals surface area contributed by atoms with Crippen molar-refractivity contribution in [3.8, 4) is 11.4 Å². The van der Waals surface area contributed by atoms with Crippen LogP contribution in [0, 0.1) is 0 Å². The number of hydrogen-bond acceptors (Lipinski definition) is 4. The van der Waals surface area contributed by atoms with Crippen LogP contribution < -0.4 is 0 Å². The van der Waals surface area contributed by atoms with Crippen molar-refractivity contribution in [2.24, 2.45) is 0 Å². The SMILES string of the molecule is C=CCOC(CC)c1cc(-n2nc3ccc(Cl)cc3n2)c(O)c(C(C)(C)C)c1. The van der Waals surface area contributed by atoms with Gasteiger partial charge in [0.05, 0.1) is 12.7 Å². The molecule has 0 aliphatic rings. The Hall–Kier alpha value is -2.37. The molecule has 0 bridgehead atoms. The Labute approximate surface area is 170 Å². The Bertz CT molecular complexity index is 1000. The first-order valence-corrected chi connectivity index (χ1v) is 9.75. The number of halogens is 1. The molecule has 0 radical (unpaired) electrons. The summed E-state index contributed by atoms with van der Waals surface area (Å²) < 4.78 is 5.93. The molecule has 2 aromatic carbocycles. The van der Waals surface area contributed by atoms with Gasteiger partial charge in [-0.25, -0.2) is 0 Å². The van der Waals surface area contributed by atoms with E-state index < -0.39 is 0 Å². The predicted octanol–water partition coefficient (Wildman–Crippen LogP) is 5.73. The van der Waals surface area contributed by atoms with E-state index in [1.165, 1.54) is 4.80 Å². The fourth-order valence-corrected chi connectivity index (χ4v) is 3.35. The zero-order valence-corrected chi connectivity index (χ0v) is 17.5. The summed E-state index contributed by atoms with van der Waals surface area (Å²) in [5, 5.41) is 20.7. The predicted molar refractivity (Wildman–Crippen MR) is 113 cm³/mol. The third kappa shape index (κ3) is 4.05. The van der Waals surface area contributed by atoms with E-state index in [4.69, 9.17) is 16.3 Å². The van der Waals surface area contributed by atoms with Crippen LogP contribution in [0.5, 0.6) is 5.75 Å². The number of nitrogens with zero attached hydrogens (tertiary/aromatic N) is 3. The van der Waals surface area contributed by atoms with Crippen LogP contribution in [0.1, 0.15) is 51.3 Å². The van der Waals surface area contributed by atoms with Crippen molar-refractivity contribution in [1.29, 1.82) is 0 Å². The van der Waals surface area contributed by atoms with Gasteiger partial charge in [0.2, 0.25) is 0 Å². The molecule has 0 saturated carbocycles. The maximum absolute atomic E-state index is 11.0. The molecule has 28 heavy (non-hydrogen) atoms. The van der Waals surface area contributed by atoms with Crippen molar-refractivity contribution in [3.05, 3.63) is 59.1 Å². The summed E-state index contributed by atoms with van der Waals surface area (Å²) in [5.74, 6) is 0.168. The number of aromatic nitrogens is 3. The second-order valence-corrected chi connectivity index (χ2v) is 8.26. The molecule has 1 aromatic heterocycles. The summed E-state index contributed by atoms with van der Waals surface area (Å²) in [6, 6.07) is 9.25. The van der Waals surface area contributed by atoms with Gasteiger partial charge in [0.1, 0.15) is 22.5 Å². The summed E-state index contributed by atoms with van der Waals surface area (Å²) in [6.45, 7) is 12.4. The first-order chi connectivity index (χ1) is 13.2. The van der Waals surface area contributed by atoms with Gasteiger partial charge in [-0.3, -0.25) is 0 Å². The molecule has 0 fully saturated rings. The van der Waals surface area contributed by atoms with E-state index in [9.17, 15) is 5.11 Å². The number of rotatable bonds is 6. The van der Waals surface area contributed by atoms with Crippen molar-refractivity contribution in [3.63, 3.8) is 0 Å². The molecule has 148 valence electrons. The van der Waals surface area contributed by atoms with E-state index in [1.807, 2.05) is 18.2 Å². The van der Waals surface area contributed by atoms with Crippen molar-refractivity contribution in [1.82, 2.24) is 15.0 Å². The van der Waals surface area contributed by atoms with E-state index in [0.29, 0.717) is 28.4 Å². The summed E-state index contributed by atoms with van der Waals surface area (Å²) in [6.07, 6.45) is 2.42. The third-order valence-electron chi connectivity index (χ3n) is 4.64. The minimum atomic E-state index is -0.262. The van der Waals surface area contributed by atoms with Crippen LogP contribution in [-0.2, 0) is 10.2 Å². The molecule has 5 nitrogen and oxygen atoms in total. The van der Waals surface area contributed by atoms with Crippen molar-refractivity contribution < 1.29 is 9.84 Å². The number of benzene rings is 2. The molecule has 3 rings (SSSR count). The van der Waals surface area contributed by atoms with Crippen molar-refractivity contribution >= 4 is 22.6 Å². The molecular weight excluding hydrogens is 374 g/mol. The topological polar surface area (TPSA) is 60.2 Å². The third-order valence-corrected chi connectivity index (χ3v) is 4.87. The lowest BCUT2D eigenvalue weighted by molar-refractivity contribution is 0.0712. The molecule has 3 aromatic rings. The zero-order valence-electron chi connectivity index (χ0n) is 16.7. The number of ether oxygens (including phenoxy) is 1. The molecule has 1 atom stereocenters. The highest BCUT2D eigenvalue weighted by Gasteiger charge is 2.25. The quantitative estimate of drug-likeness (QED) is 0.537. The van der Waals surface area contributed by atoms with E-state index in [1.54, 1.807) is 18.2 Å². The van der Waals surface area contributed by atoms with Crippen LogP contribution >= 0.6 is 11.6 Å². The molecular formula is C22H26ClN3O2. The fraction of sp³-hybridized carbons (Fsp3) is 0.364. The van der Waals surface area contributed by atoms with Gasteiger partial charge in [0.25, 0.3) is 0 Å². The van der Waals surface area contributed by atoms with Gasteiger partial charge in [-0.15, -0.1) is 21.6 Å². The largest absolute Gasteiger partial charge is 0.505 e. The first kappa shape index (κ1) is 20.4. The lowest BCUT2D eigenvalue weighted by Gasteiger charge is -2.25. The normalized spacial score (nSPS) is 13.0. The van der Waals surface area contributed by atoms with Crippen LogP contribution in [-0.4, -0.2) is 26.7 Å². The van der Waals surface area contributed by atoms with Crippen molar-refractivity contribution in [2.45, 2.75) is 45.6 Å². The molecule has 0 aliphatic carbocycles. The number of fused-ring (bicyclic) bond motifs is 1. The molecule has 0 aliphatic heterocycles. The van der Waals surface area contributed by atoms with E-state index >= 15 is 0 Å². The fourth-order valence-electron chi connectivity index (χ4n) is 3.18. The minimum absolute atomic E-state index is 0.113. The summed E-state index contributed by atoms with van der Waals surface area (Å²) in [5.41, 5.74) is 3.43. The van der Waals surface area contributed by atoms with Crippen LogP contribution in [0.3, 0.4) is 0 Å². The molecule has 6 heteroatoms. The highest BCUT2D eigenvalue weighted by molar-refractivity contribution is 6.31. The summed E-state index contributed by atoms with van der Waals surface area (Å²) >= 11 is 6.07. The number of hydrogen-bond donors (Lipinski definition) is 1. The first-order valence-electron chi connectivity index (χ1n) is 9.37. The molecule has 1 unspecified atom stereocenters. The van der Waals surface area contributed by atoms with Gasteiger partial charge < -0.3 is 9.84 Å². The highest BCUT2D eigenvalue weighted by atomic mass is 35.5. The van der Waals surface area contributed by atoms with Crippen LogP contribution in [0.15, 0.2) is 43.0 Å². The second kappa shape index (κ2) is 7.94. The Morgan fingerprint density at radius 3 is 2.57 bits per heavy atom. The van der Waals surface area contributed by atoms with Crippen LogP contribution in [0.4, 0.5) is 0 Å². The standard InChI is InChI=1S/C22H26ClN3O2/c1-6-10-28-20(7-2)14-11-16(22(3,4)5)21(27)19(12-14)26-24-17-9-8-15(23)13-18(17)25-26/h6,8-9,11-13,20,27H,1,7,10H2,2-5H3. The van der Waals surface area contributed by atoms with E-state index in [-0.39, 0.29) is 17.3 Å². The monoisotopic (exact) mass is 399 g/mol. The number of aromatic hydroxyl groups is 1. The molecule has 1 heterocycles. The second-order valence-electron chi connectivity index (χ2n) is 7.83. The average Bonchev–Trinajstić information content (AvgIpc) is 3.05. The van der Waals surface area contributed by atoms with Gasteiger partial charge in [-0.2, -0.15) is 0 Å². The maximum Gasteiger partial charge on any atom is 0.146 e. The van der Waals surface area contributed by atoms with Gasteiger partial charge in [0, 0.05) is 10.6 Å². The van der Waals surface area contributed by atoms with Gasteiger partial charge in [-0.05, 0) is 47.7 Å².